The SMILES string of the molecule is NCc1ccc(Sc2cnccn2)c2ccccc12. The minimum atomic E-state index is 0.552. The molecule has 3 aromatic rings. The maximum absolute atomic E-state index is 5.79. The van der Waals surface area contributed by atoms with Crippen LogP contribution in [0.3, 0.4) is 0 Å². The van der Waals surface area contributed by atoms with Crippen LogP contribution >= 0.6 is 11.8 Å². The Bertz CT molecular complexity index is 698. The molecular weight excluding hydrogens is 254 g/mol. The molecule has 2 N–H and O–H groups in total. The predicted molar refractivity (Wildman–Crippen MR) is 78.0 cm³/mol. The van der Waals surface area contributed by atoms with Gasteiger partial charge in [0, 0.05) is 23.8 Å². The zero-order valence-corrected chi connectivity index (χ0v) is 11.1. The molecule has 0 aliphatic rings. The molecule has 2 aromatic carbocycles. The highest BCUT2D eigenvalue weighted by Crippen LogP contribution is 2.33. The number of aromatic nitrogens is 2. The first kappa shape index (κ1) is 12.1. The molecule has 0 radical (unpaired) electrons. The van der Waals surface area contributed by atoms with Crippen LogP contribution < -0.4 is 5.73 Å². The van der Waals surface area contributed by atoms with Crippen molar-refractivity contribution in [3.05, 3.63) is 60.6 Å². The van der Waals surface area contributed by atoms with Crippen molar-refractivity contribution in [3.8, 4) is 0 Å². The van der Waals surface area contributed by atoms with E-state index in [1.54, 1.807) is 30.4 Å². The number of fused-ring (bicyclic) bond motifs is 1. The van der Waals surface area contributed by atoms with E-state index in [4.69, 9.17) is 5.73 Å². The van der Waals surface area contributed by atoms with E-state index in [-0.39, 0.29) is 0 Å². The van der Waals surface area contributed by atoms with Gasteiger partial charge in [-0.2, -0.15) is 0 Å². The zero-order valence-electron chi connectivity index (χ0n) is 10.3. The van der Waals surface area contributed by atoms with Crippen molar-refractivity contribution in [1.29, 1.82) is 0 Å². The summed E-state index contributed by atoms with van der Waals surface area (Å²) < 4.78 is 0. The lowest BCUT2D eigenvalue weighted by Crippen LogP contribution is -1.97. The van der Waals surface area contributed by atoms with Gasteiger partial charge in [-0.3, -0.25) is 4.98 Å². The summed E-state index contributed by atoms with van der Waals surface area (Å²) in [5.74, 6) is 0. The number of rotatable bonds is 3. The molecule has 0 bridgehead atoms. The Morgan fingerprint density at radius 3 is 2.58 bits per heavy atom. The zero-order chi connectivity index (χ0) is 13.1. The predicted octanol–water partition coefficient (Wildman–Crippen LogP) is 3.24. The van der Waals surface area contributed by atoms with Crippen molar-refractivity contribution < 1.29 is 0 Å². The molecule has 0 aliphatic heterocycles. The van der Waals surface area contributed by atoms with Gasteiger partial charge in [-0.25, -0.2) is 4.98 Å². The molecule has 0 spiro atoms. The molecule has 0 saturated heterocycles. The third-order valence-electron chi connectivity index (χ3n) is 2.95. The summed E-state index contributed by atoms with van der Waals surface area (Å²) in [7, 11) is 0. The topological polar surface area (TPSA) is 51.8 Å². The second-order valence-electron chi connectivity index (χ2n) is 4.12. The average Bonchev–Trinajstić information content (AvgIpc) is 2.49. The summed E-state index contributed by atoms with van der Waals surface area (Å²) in [5.41, 5.74) is 6.96. The lowest BCUT2D eigenvalue weighted by molar-refractivity contribution is 1.05. The van der Waals surface area contributed by atoms with Crippen molar-refractivity contribution in [1.82, 2.24) is 9.97 Å². The Hall–Kier alpha value is -1.91. The van der Waals surface area contributed by atoms with Gasteiger partial charge in [-0.1, -0.05) is 42.1 Å². The summed E-state index contributed by atoms with van der Waals surface area (Å²) in [6, 6.07) is 12.5. The van der Waals surface area contributed by atoms with E-state index < -0.39 is 0 Å². The fourth-order valence-corrected chi connectivity index (χ4v) is 2.93. The Morgan fingerprint density at radius 1 is 1.00 bits per heavy atom. The largest absolute Gasteiger partial charge is 0.326 e. The van der Waals surface area contributed by atoms with Crippen molar-refractivity contribution >= 4 is 22.5 Å². The lowest BCUT2D eigenvalue weighted by atomic mass is 10.0. The van der Waals surface area contributed by atoms with E-state index in [1.165, 1.54) is 21.2 Å². The van der Waals surface area contributed by atoms with Crippen molar-refractivity contribution in [3.63, 3.8) is 0 Å². The van der Waals surface area contributed by atoms with Gasteiger partial charge in [0.25, 0.3) is 0 Å². The molecule has 3 rings (SSSR count). The van der Waals surface area contributed by atoms with Crippen LogP contribution in [-0.4, -0.2) is 9.97 Å². The van der Waals surface area contributed by atoms with Gasteiger partial charge in [0.1, 0.15) is 5.03 Å². The second kappa shape index (κ2) is 5.38. The lowest BCUT2D eigenvalue weighted by Gasteiger charge is -2.09. The molecule has 19 heavy (non-hydrogen) atoms. The molecule has 0 aliphatic carbocycles. The average molecular weight is 267 g/mol. The normalized spacial score (nSPS) is 10.8. The van der Waals surface area contributed by atoms with Crippen LogP contribution in [0.15, 0.2) is 64.9 Å². The molecule has 94 valence electrons. The molecule has 1 heterocycles. The summed E-state index contributed by atoms with van der Waals surface area (Å²) in [6.07, 6.45) is 5.16. The van der Waals surface area contributed by atoms with Gasteiger partial charge in [-0.05, 0) is 22.4 Å². The Balaban J connectivity index is 2.10. The van der Waals surface area contributed by atoms with Crippen molar-refractivity contribution in [2.24, 2.45) is 5.73 Å². The summed E-state index contributed by atoms with van der Waals surface area (Å²) >= 11 is 1.62. The summed E-state index contributed by atoms with van der Waals surface area (Å²) in [6.45, 7) is 0.552. The maximum Gasteiger partial charge on any atom is 0.119 e. The molecule has 0 amide bonds. The molecule has 0 saturated carbocycles. The molecule has 4 heteroatoms. The van der Waals surface area contributed by atoms with Crippen molar-refractivity contribution in [2.45, 2.75) is 16.5 Å². The molecule has 3 nitrogen and oxygen atoms in total. The number of hydrogen-bond acceptors (Lipinski definition) is 4. The van der Waals surface area contributed by atoms with Crippen LogP contribution in [0.5, 0.6) is 0 Å². The fourth-order valence-electron chi connectivity index (χ4n) is 2.05. The van der Waals surface area contributed by atoms with Crippen LogP contribution in [-0.2, 0) is 6.54 Å². The monoisotopic (exact) mass is 267 g/mol. The van der Waals surface area contributed by atoms with E-state index in [0.29, 0.717) is 6.54 Å². The molecule has 0 unspecified atom stereocenters. The van der Waals surface area contributed by atoms with Gasteiger partial charge in [-0.15, -0.1) is 0 Å². The molecule has 1 aromatic heterocycles. The highest BCUT2D eigenvalue weighted by Gasteiger charge is 2.06. The van der Waals surface area contributed by atoms with Crippen LogP contribution in [0.4, 0.5) is 0 Å². The van der Waals surface area contributed by atoms with E-state index in [9.17, 15) is 0 Å². The van der Waals surface area contributed by atoms with Gasteiger partial charge in [0.15, 0.2) is 0 Å². The van der Waals surface area contributed by atoms with Crippen LogP contribution in [0, 0.1) is 0 Å². The number of nitrogens with two attached hydrogens (primary N) is 1. The van der Waals surface area contributed by atoms with Gasteiger partial charge >= 0.3 is 0 Å². The summed E-state index contributed by atoms with van der Waals surface area (Å²) in [4.78, 5) is 9.56. The molecular formula is C15H13N3S. The Morgan fingerprint density at radius 2 is 1.84 bits per heavy atom. The van der Waals surface area contributed by atoms with Crippen molar-refractivity contribution in [2.75, 3.05) is 0 Å². The minimum absolute atomic E-state index is 0.552. The molecule has 0 fully saturated rings. The number of hydrogen-bond donors (Lipinski definition) is 1. The van der Waals surface area contributed by atoms with E-state index in [2.05, 4.69) is 34.2 Å². The van der Waals surface area contributed by atoms with E-state index >= 15 is 0 Å². The van der Waals surface area contributed by atoms with E-state index in [0.717, 1.165) is 5.03 Å². The first-order chi connectivity index (χ1) is 9.38. The highest BCUT2D eigenvalue weighted by atomic mass is 32.2. The maximum atomic E-state index is 5.79. The quantitative estimate of drug-likeness (QED) is 0.791. The van der Waals surface area contributed by atoms with Gasteiger partial charge in [0.05, 0.1) is 6.20 Å². The van der Waals surface area contributed by atoms with Crippen LogP contribution in [0.25, 0.3) is 10.8 Å². The first-order valence-corrected chi connectivity index (χ1v) is 6.84. The Kier molecular flexibility index (Phi) is 3.44. The summed E-state index contributed by atoms with van der Waals surface area (Å²) in [5, 5.41) is 3.31. The smallest absolute Gasteiger partial charge is 0.119 e. The third kappa shape index (κ3) is 2.45. The van der Waals surface area contributed by atoms with Crippen LogP contribution in [0.1, 0.15) is 5.56 Å². The second-order valence-corrected chi connectivity index (χ2v) is 5.18. The highest BCUT2D eigenvalue weighted by molar-refractivity contribution is 7.99. The number of nitrogens with zero attached hydrogens (tertiary/aromatic N) is 2. The first-order valence-electron chi connectivity index (χ1n) is 6.03. The van der Waals surface area contributed by atoms with Gasteiger partial charge < -0.3 is 5.73 Å². The molecule has 0 atom stereocenters. The van der Waals surface area contributed by atoms with E-state index in [1.807, 2.05) is 12.1 Å². The fraction of sp³-hybridized carbons (Fsp3) is 0.0667. The van der Waals surface area contributed by atoms with Gasteiger partial charge in [0.2, 0.25) is 0 Å². The third-order valence-corrected chi connectivity index (χ3v) is 3.94. The number of benzene rings is 2. The standard InChI is InChI=1S/C15H13N3S/c16-9-11-5-6-14(13-4-2-1-3-12(11)13)19-15-10-17-7-8-18-15/h1-8,10H,9,16H2. The Labute approximate surface area is 115 Å². The minimum Gasteiger partial charge on any atom is -0.326 e. The van der Waals surface area contributed by atoms with Crippen LogP contribution in [0.2, 0.25) is 0 Å².